The molecule has 111 valence electrons. The maximum atomic E-state index is 12.1. The SMILES string of the molecule is CN1CCN(CCNS(=O)(=O)N2CC[CH]CC2)CC1. The Morgan fingerprint density at radius 1 is 1.05 bits per heavy atom. The van der Waals surface area contributed by atoms with Crippen LogP contribution in [0.25, 0.3) is 0 Å². The van der Waals surface area contributed by atoms with Crippen LogP contribution in [0.2, 0.25) is 0 Å². The maximum absolute atomic E-state index is 12.1. The minimum Gasteiger partial charge on any atom is -0.304 e. The quantitative estimate of drug-likeness (QED) is 0.732. The van der Waals surface area contributed by atoms with E-state index in [-0.39, 0.29) is 0 Å². The van der Waals surface area contributed by atoms with Gasteiger partial charge < -0.3 is 4.90 Å². The summed E-state index contributed by atoms with van der Waals surface area (Å²) in [5.41, 5.74) is 0. The van der Waals surface area contributed by atoms with E-state index in [2.05, 4.69) is 28.0 Å². The summed E-state index contributed by atoms with van der Waals surface area (Å²) in [6.07, 6.45) is 3.87. The van der Waals surface area contributed by atoms with Crippen molar-refractivity contribution in [1.82, 2.24) is 18.8 Å². The molecule has 0 aromatic heterocycles. The van der Waals surface area contributed by atoms with Crippen molar-refractivity contribution in [3.05, 3.63) is 6.42 Å². The first kappa shape index (κ1) is 15.2. The molecule has 2 heterocycles. The van der Waals surface area contributed by atoms with Gasteiger partial charge in [-0.05, 0) is 26.3 Å². The summed E-state index contributed by atoms with van der Waals surface area (Å²) in [6.45, 7) is 6.71. The van der Waals surface area contributed by atoms with Gasteiger partial charge in [0.1, 0.15) is 0 Å². The molecule has 1 radical (unpaired) electrons. The Morgan fingerprint density at radius 2 is 1.68 bits per heavy atom. The van der Waals surface area contributed by atoms with E-state index < -0.39 is 10.2 Å². The van der Waals surface area contributed by atoms with Crippen LogP contribution in [0.4, 0.5) is 0 Å². The normalized spacial score (nSPS) is 24.7. The number of likely N-dealkylation sites (N-methyl/N-ethyl adjacent to an activating group) is 1. The monoisotopic (exact) mass is 289 g/mol. The molecule has 1 N–H and O–H groups in total. The highest BCUT2D eigenvalue weighted by Crippen LogP contribution is 2.10. The molecule has 0 aromatic carbocycles. The molecule has 0 saturated carbocycles. The molecule has 0 amide bonds. The molecule has 2 aliphatic heterocycles. The van der Waals surface area contributed by atoms with Gasteiger partial charge in [0.15, 0.2) is 0 Å². The average Bonchev–Trinajstić information content (AvgIpc) is 2.42. The van der Waals surface area contributed by atoms with Crippen molar-refractivity contribution in [2.45, 2.75) is 12.8 Å². The van der Waals surface area contributed by atoms with Crippen molar-refractivity contribution in [3.63, 3.8) is 0 Å². The second kappa shape index (κ2) is 6.99. The first-order valence-corrected chi connectivity index (χ1v) is 8.49. The number of piperidine rings is 1. The lowest BCUT2D eigenvalue weighted by atomic mass is 10.2. The van der Waals surface area contributed by atoms with Gasteiger partial charge in [0.05, 0.1) is 0 Å². The standard InChI is InChI=1S/C12H25N4O2S/c1-14-9-11-15(12-10-14)8-5-13-19(17,18)16-6-3-2-4-7-16/h2,13H,3-12H2,1H3. The van der Waals surface area contributed by atoms with Crippen molar-refractivity contribution < 1.29 is 8.42 Å². The number of nitrogens with one attached hydrogen (secondary N) is 1. The first-order valence-electron chi connectivity index (χ1n) is 7.05. The predicted molar refractivity (Wildman–Crippen MR) is 76.0 cm³/mol. The highest BCUT2D eigenvalue weighted by atomic mass is 32.2. The summed E-state index contributed by atoms with van der Waals surface area (Å²) in [5, 5.41) is 0. The topological polar surface area (TPSA) is 55.9 Å². The van der Waals surface area contributed by atoms with E-state index in [0.29, 0.717) is 19.6 Å². The fraction of sp³-hybridized carbons (Fsp3) is 0.917. The third-order valence-corrected chi connectivity index (χ3v) is 5.43. The summed E-state index contributed by atoms with van der Waals surface area (Å²) < 4.78 is 28.4. The van der Waals surface area contributed by atoms with Crippen LogP contribution in [-0.4, -0.2) is 81.9 Å². The second-order valence-corrected chi connectivity index (χ2v) is 7.06. The molecule has 0 aromatic rings. The Labute approximate surface area is 116 Å². The van der Waals surface area contributed by atoms with E-state index in [1.54, 1.807) is 4.31 Å². The first-order chi connectivity index (χ1) is 9.08. The predicted octanol–water partition coefficient (Wildman–Crippen LogP) is -0.632. The molecule has 0 atom stereocenters. The Balaban J connectivity index is 1.69. The van der Waals surface area contributed by atoms with Crippen LogP contribution >= 0.6 is 0 Å². The largest absolute Gasteiger partial charge is 0.304 e. The molecular weight excluding hydrogens is 264 g/mol. The number of hydrogen-bond donors (Lipinski definition) is 1. The molecule has 6 nitrogen and oxygen atoms in total. The van der Waals surface area contributed by atoms with Gasteiger partial charge in [0.25, 0.3) is 10.2 Å². The molecule has 0 aliphatic carbocycles. The zero-order valence-electron chi connectivity index (χ0n) is 11.7. The van der Waals surface area contributed by atoms with Gasteiger partial charge in [-0.15, -0.1) is 0 Å². The molecule has 2 rings (SSSR count). The van der Waals surface area contributed by atoms with Gasteiger partial charge in [0.2, 0.25) is 0 Å². The van der Waals surface area contributed by atoms with E-state index >= 15 is 0 Å². The molecule has 0 bridgehead atoms. The summed E-state index contributed by atoms with van der Waals surface area (Å²) in [4.78, 5) is 4.61. The van der Waals surface area contributed by atoms with E-state index in [4.69, 9.17) is 0 Å². The zero-order valence-corrected chi connectivity index (χ0v) is 12.5. The minimum absolute atomic E-state index is 0.506. The molecule has 7 heteroatoms. The van der Waals surface area contributed by atoms with E-state index in [0.717, 1.165) is 45.6 Å². The Hall–Kier alpha value is -0.210. The number of nitrogens with zero attached hydrogens (tertiary/aromatic N) is 3. The summed E-state index contributed by atoms with van der Waals surface area (Å²) in [6, 6.07) is 0. The average molecular weight is 289 g/mol. The van der Waals surface area contributed by atoms with E-state index in [1.807, 2.05) is 0 Å². The summed E-state index contributed by atoms with van der Waals surface area (Å²) in [7, 11) is -1.15. The smallest absolute Gasteiger partial charge is 0.279 e. The van der Waals surface area contributed by atoms with Crippen LogP contribution in [0.15, 0.2) is 0 Å². The zero-order chi connectivity index (χ0) is 13.7. The molecular formula is C12H25N4O2S. The fourth-order valence-electron chi connectivity index (χ4n) is 2.46. The van der Waals surface area contributed by atoms with Gasteiger partial charge >= 0.3 is 0 Å². The molecule has 0 unspecified atom stereocenters. The lowest BCUT2D eigenvalue weighted by molar-refractivity contribution is 0.156. The summed E-state index contributed by atoms with van der Waals surface area (Å²) in [5.74, 6) is 0. The number of piperazine rings is 1. The Morgan fingerprint density at radius 3 is 2.32 bits per heavy atom. The third-order valence-electron chi connectivity index (χ3n) is 3.81. The van der Waals surface area contributed by atoms with Crippen LogP contribution in [0.1, 0.15) is 12.8 Å². The lowest BCUT2D eigenvalue weighted by Crippen LogP contribution is -2.49. The van der Waals surface area contributed by atoms with Gasteiger partial charge in [0, 0.05) is 52.4 Å². The molecule has 19 heavy (non-hydrogen) atoms. The van der Waals surface area contributed by atoms with Crippen LogP contribution in [0.5, 0.6) is 0 Å². The van der Waals surface area contributed by atoms with Crippen molar-refractivity contribution in [2.75, 3.05) is 59.4 Å². The van der Waals surface area contributed by atoms with Gasteiger partial charge in [-0.2, -0.15) is 12.7 Å². The Kier molecular flexibility index (Phi) is 5.58. The fourth-order valence-corrected chi connectivity index (χ4v) is 3.69. The van der Waals surface area contributed by atoms with E-state index in [1.165, 1.54) is 0 Å². The van der Waals surface area contributed by atoms with E-state index in [9.17, 15) is 8.42 Å². The third kappa shape index (κ3) is 4.68. The van der Waals surface area contributed by atoms with Crippen LogP contribution in [0.3, 0.4) is 0 Å². The number of hydrogen-bond acceptors (Lipinski definition) is 4. The van der Waals surface area contributed by atoms with Gasteiger partial charge in [-0.3, -0.25) is 4.90 Å². The van der Waals surface area contributed by atoms with Crippen LogP contribution < -0.4 is 4.72 Å². The number of rotatable bonds is 5. The Bertz CT molecular complexity index is 360. The lowest BCUT2D eigenvalue weighted by Gasteiger charge is -2.32. The summed E-state index contributed by atoms with van der Waals surface area (Å²) >= 11 is 0. The van der Waals surface area contributed by atoms with Crippen molar-refractivity contribution >= 4 is 10.2 Å². The molecule has 2 fully saturated rings. The van der Waals surface area contributed by atoms with Crippen molar-refractivity contribution in [1.29, 1.82) is 0 Å². The molecule has 2 saturated heterocycles. The van der Waals surface area contributed by atoms with Crippen molar-refractivity contribution in [3.8, 4) is 0 Å². The molecule has 2 aliphatic rings. The van der Waals surface area contributed by atoms with Crippen LogP contribution in [0, 0.1) is 6.42 Å². The highest BCUT2D eigenvalue weighted by Gasteiger charge is 2.23. The highest BCUT2D eigenvalue weighted by molar-refractivity contribution is 7.87. The second-order valence-electron chi connectivity index (χ2n) is 5.31. The van der Waals surface area contributed by atoms with Gasteiger partial charge in [-0.1, -0.05) is 0 Å². The van der Waals surface area contributed by atoms with Gasteiger partial charge in [-0.25, -0.2) is 4.72 Å². The molecule has 0 spiro atoms. The minimum atomic E-state index is -3.27. The van der Waals surface area contributed by atoms with Crippen LogP contribution in [-0.2, 0) is 10.2 Å². The maximum Gasteiger partial charge on any atom is 0.279 e. The van der Waals surface area contributed by atoms with Crippen molar-refractivity contribution in [2.24, 2.45) is 0 Å².